The van der Waals surface area contributed by atoms with Crippen molar-refractivity contribution in [3.8, 4) is 0 Å². The Morgan fingerprint density at radius 2 is 2.05 bits per heavy atom. The van der Waals surface area contributed by atoms with Crippen LogP contribution in [0.4, 0.5) is 0 Å². The number of likely N-dealkylation sites (tertiary alicyclic amines) is 1. The smallest absolute Gasteiger partial charge is 0.358 e. The Balaban J connectivity index is 1.55. The Morgan fingerprint density at radius 3 is 2.63 bits per heavy atom. The van der Waals surface area contributed by atoms with Crippen LogP contribution in [-0.4, -0.2) is 53.2 Å². The fourth-order valence-corrected chi connectivity index (χ4v) is 2.55. The Hall–Kier alpha value is -1.44. The van der Waals surface area contributed by atoms with Crippen LogP contribution in [0.5, 0.6) is 0 Å². The van der Waals surface area contributed by atoms with Crippen LogP contribution in [0, 0.1) is 0 Å². The zero-order chi connectivity index (χ0) is 13.3. The molecule has 3 heterocycles. The minimum atomic E-state index is -1.07. The third-order valence-electron chi connectivity index (χ3n) is 3.59. The van der Waals surface area contributed by atoms with Crippen molar-refractivity contribution in [2.75, 3.05) is 26.3 Å². The van der Waals surface area contributed by atoms with Gasteiger partial charge in [0, 0.05) is 32.0 Å². The molecule has 0 amide bonds. The average molecular weight is 268 g/mol. The van der Waals surface area contributed by atoms with Crippen molar-refractivity contribution in [3.63, 3.8) is 0 Å². The number of ether oxygens (including phenoxy) is 2. The second-order valence-electron chi connectivity index (χ2n) is 4.87. The van der Waals surface area contributed by atoms with Crippen molar-refractivity contribution in [1.29, 1.82) is 0 Å². The molecule has 0 aliphatic carbocycles. The molecule has 2 aliphatic heterocycles. The van der Waals surface area contributed by atoms with Gasteiger partial charge in [0.2, 0.25) is 0 Å². The number of aromatic carboxylic acids is 1. The highest BCUT2D eigenvalue weighted by Crippen LogP contribution is 2.31. The van der Waals surface area contributed by atoms with E-state index in [1.165, 1.54) is 6.07 Å². The van der Waals surface area contributed by atoms with Gasteiger partial charge in [-0.3, -0.25) is 4.90 Å². The standard InChI is InChI=1S/C12H16N2O5/c15-11(16)10-7-9(19-13-10)8-14-3-1-12(2-4-14)17-5-6-18-12/h7H,1-6,8H2,(H,15,16). The lowest BCUT2D eigenvalue weighted by molar-refractivity contribution is -0.186. The number of rotatable bonds is 3. The van der Waals surface area contributed by atoms with E-state index in [4.69, 9.17) is 19.1 Å². The second-order valence-corrected chi connectivity index (χ2v) is 4.87. The molecule has 104 valence electrons. The van der Waals surface area contributed by atoms with Gasteiger partial charge in [0.15, 0.2) is 17.2 Å². The van der Waals surface area contributed by atoms with Gasteiger partial charge < -0.3 is 19.1 Å². The molecule has 0 bridgehead atoms. The van der Waals surface area contributed by atoms with E-state index >= 15 is 0 Å². The molecule has 3 rings (SSSR count). The van der Waals surface area contributed by atoms with Crippen molar-refractivity contribution in [1.82, 2.24) is 10.1 Å². The van der Waals surface area contributed by atoms with Gasteiger partial charge in [0.05, 0.1) is 19.8 Å². The molecule has 0 aromatic carbocycles. The van der Waals surface area contributed by atoms with E-state index in [9.17, 15) is 4.79 Å². The van der Waals surface area contributed by atoms with Crippen LogP contribution in [0.3, 0.4) is 0 Å². The predicted molar refractivity (Wildman–Crippen MR) is 62.6 cm³/mol. The first kappa shape index (κ1) is 12.6. The number of carbonyl (C=O) groups is 1. The molecule has 1 aromatic rings. The van der Waals surface area contributed by atoms with Crippen LogP contribution in [0.1, 0.15) is 29.1 Å². The molecular formula is C12H16N2O5. The van der Waals surface area contributed by atoms with E-state index in [1.807, 2.05) is 0 Å². The molecular weight excluding hydrogens is 252 g/mol. The lowest BCUT2D eigenvalue weighted by Crippen LogP contribution is -2.44. The van der Waals surface area contributed by atoms with E-state index in [0.717, 1.165) is 25.9 Å². The molecule has 0 saturated carbocycles. The number of hydrogen-bond donors (Lipinski definition) is 1. The van der Waals surface area contributed by atoms with Crippen LogP contribution in [0.2, 0.25) is 0 Å². The van der Waals surface area contributed by atoms with Gasteiger partial charge in [-0.25, -0.2) is 4.79 Å². The monoisotopic (exact) mass is 268 g/mol. The quantitative estimate of drug-likeness (QED) is 0.864. The van der Waals surface area contributed by atoms with Gasteiger partial charge >= 0.3 is 5.97 Å². The van der Waals surface area contributed by atoms with E-state index in [2.05, 4.69) is 10.1 Å². The summed E-state index contributed by atoms with van der Waals surface area (Å²) in [6.45, 7) is 3.58. The number of piperidine rings is 1. The minimum Gasteiger partial charge on any atom is -0.476 e. The molecule has 2 saturated heterocycles. The van der Waals surface area contributed by atoms with E-state index in [1.54, 1.807) is 0 Å². The molecule has 0 radical (unpaired) electrons. The highest BCUT2D eigenvalue weighted by atomic mass is 16.7. The lowest BCUT2D eigenvalue weighted by Gasteiger charge is -2.37. The maximum Gasteiger partial charge on any atom is 0.358 e. The highest BCUT2D eigenvalue weighted by molar-refractivity contribution is 5.85. The van der Waals surface area contributed by atoms with Gasteiger partial charge in [-0.1, -0.05) is 5.16 Å². The average Bonchev–Trinajstić information content (AvgIpc) is 3.02. The van der Waals surface area contributed by atoms with Crippen LogP contribution in [0.25, 0.3) is 0 Å². The molecule has 2 aliphatic rings. The SMILES string of the molecule is O=C(O)c1cc(CN2CCC3(CC2)OCCO3)on1. The molecule has 0 unspecified atom stereocenters. The zero-order valence-corrected chi connectivity index (χ0v) is 10.5. The summed E-state index contributed by atoms with van der Waals surface area (Å²) < 4.78 is 16.3. The molecule has 2 fully saturated rings. The summed E-state index contributed by atoms with van der Waals surface area (Å²) in [7, 11) is 0. The molecule has 7 heteroatoms. The van der Waals surface area contributed by atoms with E-state index in [-0.39, 0.29) is 11.5 Å². The second kappa shape index (κ2) is 4.92. The summed E-state index contributed by atoms with van der Waals surface area (Å²) >= 11 is 0. The normalized spacial score (nSPS) is 22.9. The lowest BCUT2D eigenvalue weighted by atomic mass is 10.0. The maximum atomic E-state index is 10.7. The summed E-state index contributed by atoms with van der Waals surface area (Å²) in [6, 6.07) is 1.47. The summed E-state index contributed by atoms with van der Waals surface area (Å²) in [5.74, 6) is -0.883. The Morgan fingerprint density at radius 1 is 1.37 bits per heavy atom. The first-order valence-electron chi connectivity index (χ1n) is 6.36. The van der Waals surface area contributed by atoms with Gasteiger partial charge in [-0.05, 0) is 0 Å². The predicted octanol–water partition coefficient (Wildman–Crippen LogP) is 0.712. The zero-order valence-electron chi connectivity index (χ0n) is 10.5. The summed E-state index contributed by atoms with van der Waals surface area (Å²) in [6.07, 6.45) is 1.65. The molecule has 1 spiro atoms. The van der Waals surface area contributed by atoms with Crippen molar-refractivity contribution >= 4 is 5.97 Å². The first-order valence-corrected chi connectivity index (χ1v) is 6.36. The number of aromatic nitrogens is 1. The number of nitrogens with zero attached hydrogens (tertiary/aromatic N) is 2. The third kappa shape index (κ3) is 2.63. The van der Waals surface area contributed by atoms with Crippen LogP contribution >= 0.6 is 0 Å². The van der Waals surface area contributed by atoms with Crippen molar-refractivity contribution in [2.45, 2.75) is 25.2 Å². The Kier molecular flexibility index (Phi) is 3.26. The first-order chi connectivity index (χ1) is 9.17. The van der Waals surface area contributed by atoms with Gasteiger partial charge in [-0.2, -0.15) is 0 Å². The van der Waals surface area contributed by atoms with Crippen molar-refractivity contribution < 1.29 is 23.9 Å². The van der Waals surface area contributed by atoms with Crippen LogP contribution in [-0.2, 0) is 16.0 Å². The molecule has 7 nitrogen and oxygen atoms in total. The van der Waals surface area contributed by atoms with E-state index in [0.29, 0.717) is 25.5 Å². The van der Waals surface area contributed by atoms with Crippen molar-refractivity contribution in [3.05, 3.63) is 17.5 Å². The third-order valence-corrected chi connectivity index (χ3v) is 3.59. The number of carboxylic acids is 1. The summed E-state index contributed by atoms with van der Waals surface area (Å²) in [4.78, 5) is 12.9. The summed E-state index contributed by atoms with van der Waals surface area (Å²) in [5, 5.41) is 12.3. The maximum absolute atomic E-state index is 10.7. The highest BCUT2D eigenvalue weighted by Gasteiger charge is 2.39. The summed E-state index contributed by atoms with van der Waals surface area (Å²) in [5.41, 5.74) is -0.0501. The Bertz CT molecular complexity index is 456. The minimum absolute atomic E-state index is 0.0501. The molecule has 1 aromatic heterocycles. The van der Waals surface area contributed by atoms with Crippen LogP contribution < -0.4 is 0 Å². The Labute approximate surface area is 110 Å². The number of hydrogen-bond acceptors (Lipinski definition) is 6. The van der Waals surface area contributed by atoms with Gasteiger partial charge in [0.1, 0.15) is 0 Å². The van der Waals surface area contributed by atoms with Crippen LogP contribution in [0.15, 0.2) is 10.6 Å². The largest absolute Gasteiger partial charge is 0.476 e. The van der Waals surface area contributed by atoms with Gasteiger partial charge in [0.25, 0.3) is 0 Å². The fraction of sp³-hybridized carbons (Fsp3) is 0.667. The molecule has 1 N–H and O–H groups in total. The van der Waals surface area contributed by atoms with Gasteiger partial charge in [-0.15, -0.1) is 0 Å². The van der Waals surface area contributed by atoms with E-state index < -0.39 is 5.97 Å². The van der Waals surface area contributed by atoms with Crippen molar-refractivity contribution in [2.24, 2.45) is 0 Å². The fourth-order valence-electron chi connectivity index (χ4n) is 2.55. The molecule has 0 atom stereocenters. The number of carboxylic acid groups (broad SMARTS) is 1. The molecule has 19 heavy (non-hydrogen) atoms. The topological polar surface area (TPSA) is 85.0 Å².